The fourth-order valence-electron chi connectivity index (χ4n) is 1.91. The molecule has 1 saturated heterocycles. The van der Waals surface area contributed by atoms with Crippen molar-refractivity contribution in [1.29, 1.82) is 5.26 Å². The Morgan fingerprint density at radius 2 is 2.17 bits per heavy atom. The Bertz CT molecular complexity index is 589. The fraction of sp³-hybridized carbons (Fsp3) is 0.417. The van der Waals surface area contributed by atoms with Gasteiger partial charge in [0.15, 0.2) is 9.84 Å². The number of nitrogens with zero attached hydrogens (tertiary/aromatic N) is 1. The molecular formula is C12H13FN2O2S. The van der Waals surface area contributed by atoms with Gasteiger partial charge in [0.25, 0.3) is 0 Å². The second-order valence-corrected chi connectivity index (χ2v) is 6.60. The first kappa shape index (κ1) is 13.0. The van der Waals surface area contributed by atoms with Crippen molar-refractivity contribution in [2.45, 2.75) is 5.75 Å². The zero-order valence-electron chi connectivity index (χ0n) is 9.69. The van der Waals surface area contributed by atoms with Crippen LogP contribution in [-0.4, -0.2) is 27.3 Å². The van der Waals surface area contributed by atoms with Gasteiger partial charge in [-0.25, -0.2) is 12.8 Å². The third-order valence-electron chi connectivity index (χ3n) is 2.92. The Hall–Kier alpha value is -1.45. The van der Waals surface area contributed by atoms with E-state index < -0.39 is 15.7 Å². The maximum absolute atomic E-state index is 13.1. The van der Waals surface area contributed by atoms with Gasteiger partial charge in [-0.1, -0.05) is 0 Å². The molecule has 0 spiro atoms. The molecule has 1 aromatic carbocycles. The summed E-state index contributed by atoms with van der Waals surface area (Å²) in [6.07, 6.45) is 0. The predicted molar refractivity (Wildman–Crippen MR) is 65.0 cm³/mol. The molecule has 1 fully saturated rings. The summed E-state index contributed by atoms with van der Waals surface area (Å²) < 4.78 is 36.9. The van der Waals surface area contributed by atoms with Gasteiger partial charge in [0.1, 0.15) is 5.82 Å². The molecule has 0 atom stereocenters. The average molecular weight is 268 g/mol. The summed E-state index contributed by atoms with van der Waals surface area (Å²) in [5.74, 6) is -0.579. The molecule has 1 N–H and O–H groups in total. The van der Waals surface area contributed by atoms with Crippen LogP contribution in [0.25, 0.3) is 0 Å². The van der Waals surface area contributed by atoms with Gasteiger partial charge in [0.05, 0.1) is 23.1 Å². The van der Waals surface area contributed by atoms with Crippen molar-refractivity contribution in [1.82, 2.24) is 5.32 Å². The van der Waals surface area contributed by atoms with Gasteiger partial charge >= 0.3 is 0 Å². The van der Waals surface area contributed by atoms with Crippen molar-refractivity contribution < 1.29 is 12.8 Å². The quantitative estimate of drug-likeness (QED) is 0.878. The van der Waals surface area contributed by atoms with Crippen LogP contribution in [0.5, 0.6) is 0 Å². The van der Waals surface area contributed by atoms with Gasteiger partial charge in [0, 0.05) is 13.1 Å². The second-order valence-electron chi connectivity index (χ2n) is 4.49. The van der Waals surface area contributed by atoms with Gasteiger partial charge in [-0.2, -0.15) is 5.26 Å². The van der Waals surface area contributed by atoms with Crippen molar-refractivity contribution in [3.05, 3.63) is 35.1 Å². The number of hydrogen-bond donors (Lipinski definition) is 1. The standard InChI is InChI=1S/C12H13FN2O2S/c13-12-2-1-10(4-14)11(3-12)8-18(16,17)7-9-5-15-6-9/h1-3,9,15H,5-8H2. The van der Waals surface area contributed by atoms with Crippen LogP contribution in [0.3, 0.4) is 0 Å². The van der Waals surface area contributed by atoms with Gasteiger partial charge in [-0.15, -0.1) is 0 Å². The van der Waals surface area contributed by atoms with E-state index in [9.17, 15) is 12.8 Å². The van der Waals surface area contributed by atoms with E-state index in [4.69, 9.17) is 5.26 Å². The van der Waals surface area contributed by atoms with Gasteiger partial charge in [0.2, 0.25) is 0 Å². The van der Waals surface area contributed by atoms with E-state index in [-0.39, 0.29) is 28.6 Å². The molecule has 0 unspecified atom stereocenters. The molecule has 2 rings (SSSR count). The lowest BCUT2D eigenvalue weighted by atomic mass is 10.1. The number of sulfone groups is 1. The van der Waals surface area contributed by atoms with Gasteiger partial charge in [-0.05, 0) is 29.7 Å². The Kier molecular flexibility index (Phi) is 3.64. The molecule has 0 radical (unpaired) electrons. The summed E-state index contributed by atoms with van der Waals surface area (Å²) in [5, 5.41) is 11.9. The third-order valence-corrected chi connectivity index (χ3v) is 4.65. The maximum atomic E-state index is 13.1. The smallest absolute Gasteiger partial charge is 0.154 e. The monoisotopic (exact) mass is 268 g/mol. The van der Waals surface area contributed by atoms with E-state index in [0.717, 1.165) is 12.1 Å². The van der Waals surface area contributed by atoms with Crippen LogP contribution >= 0.6 is 0 Å². The summed E-state index contributed by atoms with van der Waals surface area (Å²) >= 11 is 0. The van der Waals surface area contributed by atoms with Crippen LogP contribution in [0, 0.1) is 23.1 Å². The van der Waals surface area contributed by atoms with E-state index >= 15 is 0 Å². The van der Waals surface area contributed by atoms with E-state index in [1.807, 2.05) is 6.07 Å². The van der Waals surface area contributed by atoms with Crippen molar-refractivity contribution in [2.75, 3.05) is 18.8 Å². The van der Waals surface area contributed by atoms with Crippen LogP contribution in [0.15, 0.2) is 18.2 Å². The predicted octanol–water partition coefficient (Wildman–Crippen LogP) is 0.832. The summed E-state index contributed by atoms with van der Waals surface area (Å²) in [7, 11) is -3.30. The number of nitriles is 1. The van der Waals surface area contributed by atoms with Crippen molar-refractivity contribution in [2.24, 2.45) is 5.92 Å². The topological polar surface area (TPSA) is 70.0 Å². The first-order chi connectivity index (χ1) is 8.50. The molecule has 4 nitrogen and oxygen atoms in total. The minimum Gasteiger partial charge on any atom is -0.316 e. The molecule has 1 heterocycles. The zero-order chi connectivity index (χ0) is 13.2. The van der Waals surface area contributed by atoms with Crippen LogP contribution in [0.1, 0.15) is 11.1 Å². The Morgan fingerprint density at radius 1 is 1.44 bits per heavy atom. The molecular weight excluding hydrogens is 255 g/mol. The first-order valence-electron chi connectivity index (χ1n) is 5.60. The first-order valence-corrected chi connectivity index (χ1v) is 7.42. The number of nitrogens with one attached hydrogen (secondary N) is 1. The van der Waals surface area contributed by atoms with Crippen LogP contribution in [0.4, 0.5) is 4.39 Å². The highest BCUT2D eigenvalue weighted by molar-refractivity contribution is 7.90. The molecule has 1 aromatic rings. The highest BCUT2D eigenvalue weighted by Crippen LogP contribution is 2.17. The summed E-state index contributed by atoms with van der Waals surface area (Å²) in [4.78, 5) is 0. The number of hydrogen-bond acceptors (Lipinski definition) is 4. The van der Waals surface area contributed by atoms with E-state index in [0.29, 0.717) is 13.1 Å². The second kappa shape index (κ2) is 5.04. The van der Waals surface area contributed by atoms with E-state index in [1.54, 1.807) is 0 Å². The lowest BCUT2D eigenvalue weighted by Crippen LogP contribution is -2.45. The molecule has 0 aliphatic carbocycles. The molecule has 6 heteroatoms. The highest BCUT2D eigenvalue weighted by atomic mass is 32.2. The fourth-order valence-corrected chi connectivity index (χ4v) is 3.70. The van der Waals surface area contributed by atoms with Crippen LogP contribution in [-0.2, 0) is 15.6 Å². The van der Waals surface area contributed by atoms with Crippen molar-refractivity contribution in [3.8, 4) is 6.07 Å². The Morgan fingerprint density at radius 3 is 2.72 bits per heavy atom. The summed E-state index contributed by atoms with van der Waals surface area (Å²) in [6, 6.07) is 5.47. The largest absolute Gasteiger partial charge is 0.316 e. The third kappa shape index (κ3) is 3.06. The number of rotatable bonds is 4. The Labute approximate surface area is 105 Å². The molecule has 0 aromatic heterocycles. The van der Waals surface area contributed by atoms with Crippen molar-refractivity contribution >= 4 is 9.84 Å². The molecule has 1 aliphatic rings. The molecule has 1 aliphatic heterocycles. The van der Waals surface area contributed by atoms with Gasteiger partial charge < -0.3 is 5.32 Å². The SMILES string of the molecule is N#Cc1ccc(F)cc1CS(=O)(=O)CC1CNC1. The lowest BCUT2D eigenvalue weighted by molar-refractivity contribution is 0.378. The van der Waals surface area contributed by atoms with Crippen molar-refractivity contribution in [3.63, 3.8) is 0 Å². The minimum atomic E-state index is -3.30. The normalized spacial score (nSPS) is 16.0. The molecule has 0 amide bonds. The number of benzene rings is 1. The van der Waals surface area contributed by atoms with E-state index in [1.165, 1.54) is 6.07 Å². The van der Waals surface area contributed by atoms with Crippen LogP contribution in [0.2, 0.25) is 0 Å². The zero-order valence-corrected chi connectivity index (χ0v) is 10.5. The van der Waals surface area contributed by atoms with Gasteiger partial charge in [-0.3, -0.25) is 0 Å². The van der Waals surface area contributed by atoms with Crippen LogP contribution < -0.4 is 5.32 Å². The number of halogens is 1. The minimum absolute atomic E-state index is 0.0847. The summed E-state index contributed by atoms with van der Waals surface area (Å²) in [6.45, 7) is 1.40. The maximum Gasteiger partial charge on any atom is 0.154 e. The highest BCUT2D eigenvalue weighted by Gasteiger charge is 2.25. The lowest BCUT2D eigenvalue weighted by Gasteiger charge is -2.26. The molecule has 0 saturated carbocycles. The Balaban J connectivity index is 2.17. The van der Waals surface area contributed by atoms with E-state index in [2.05, 4.69) is 5.32 Å². The summed E-state index contributed by atoms with van der Waals surface area (Å²) in [5.41, 5.74) is 0.455. The molecule has 0 bridgehead atoms. The molecule has 96 valence electrons. The molecule has 18 heavy (non-hydrogen) atoms. The average Bonchev–Trinajstić information content (AvgIpc) is 2.24.